The molecule has 4 rings (SSSR count). The Morgan fingerprint density at radius 3 is 2.62 bits per heavy atom. The van der Waals surface area contributed by atoms with Gasteiger partial charge in [-0.25, -0.2) is 4.98 Å². The lowest BCUT2D eigenvalue weighted by molar-refractivity contribution is -0.130. The maximum Gasteiger partial charge on any atom is 0.219 e. The van der Waals surface area contributed by atoms with E-state index in [9.17, 15) is 4.79 Å². The molecule has 1 aromatic carbocycles. The Morgan fingerprint density at radius 2 is 1.96 bits per heavy atom. The number of hydrogen-bond donors (Lipinski definition) is 0. The minimum atomic E-state index is 0.180. The van der Waals surface area contributed by atoms with Crippen LogP contribution >= 0.6 is 0 Å². The molecule has 2 fully saturated rings. The van der Waals surface area contributed by atoms with Gasteiger partial charge in [0, 0.05) is 51.3 Å². The minimum absolute atomic E-state index is 0.180. The first-order valence-corrected chi connectivity index (χ1v) is 9.19. The third-order valence-electron chi connectivity index (χ3n) is 5.70. The number of methoxy groups -OCH3 is 1. The van der Waals surface area contributed by atoms with Gasteiger partial charge in [0.1, 0.15) is 0 Å². The van der Waals surface area contributed by atoms with E-state index in [4.69, 9.17) is 4.74 Å². The van der Waals surface area contributed by atoms with Crippen LogP contribution in [0.3, 0.4) is 0 Å². The van der Waals surface area contributed by atoms with Crippen LogP contribution in [-0.4, -0.2) is 47.4 Å². The second-order valence-electron chi connectivity index (χ2n) is 7.35. The fourth-order valence-corrected chi connectivity index (χ4v) is 4.55. The van der Waals surface area contributed by atoms with Crippen molar-refractivity contribution in [2.75, 3.05) is 26.7 Å². The monoisotopic (exact) mass is 351 g/mol. The molecule has 3 heterocycles. The van der Waals surface area contributed by atoms with Gasteiger partial charge in [-0.2, -0.15) is 0 Å². The predicted molar refractivity (Wildman–Crippen MR) is 99.6 cm³/mol. The fourth-order valence-electron chi connectivity index (χ4n) is 4.55. The van der Waals surface area contributed by atoms with E-state index in [2.05, 4.69) is 45.1 Å². The van der Waals surface area contributed by atoms with E-state index in [-0.39, 0.29) is 11.9 Å². The van der Waals surface area contributed by atoms with Crippen LogP contribution in [-0.2, 0) is 11.3 Å². The highest BCUT2D eigenvalue weighted by atomic mass is 16.5. The molecule has 2 aliphatic heterocycles. The molecule has 0 saturated carbocycles. The van der Waals surface area contributed by atoms with Gasteiger partial charge in [-0.15, -0.1) is 0 Å². The Balaban J connectivity index is 1.50. The average Bonchev–Trinajstić information content (AvgIpc) is 3.20. The Hall–Kier alpha value is -2.40. The highest BCUT2D eigenvalue weighted by Gasteiger charge is 2.48. The molecule has 1 aromatic heterocycles. The number of likely N-dealkylation sites (tertiary alicyclic amines) is 2. The quantitative estimate of drug-likeness (QED) is 0.850. The standard InChI is InChI=1S/C21H25N3O2/c1-15(25)24-13-18-12-23(11-16-8-9-20(26-2)22-10-16)14-19(18)21(24)17-6-4-3-5-7-17/h3-10,18-19,21H,11-14H2,1-2H3/t18-,19-,21-/m1/s1. The number of hydrogen-bond acceptors (Lipinski definition) is 4. The molecule has 26 heavy (non-hydrogen) atoms. The summed E-state index contributed by atoms with van der Waals surface area (Å²) in [6.07, 6.45) is 1.89. The summed E-state index contributed by atoms with van der Waals surface area (Å²) in [6.45, 7) is 5.49. The van der Waals surface area contributed by atoms with Crippen molar-refractivity contribution in [1.29, 1.82) is 0 Å². The summed E-state index contributed by atoms with van der Waals surface area (Å²) in [5, 5.41) is 0. The van der Waals surface area contributed by atoms with E-state index in [1.165, 1.54) is 11.1 Å². The molecule has 0 N–H and O–H groups in total. The van der Waals surface area contributed by atoms with Crippen LogP contribution in [0.2, 0.25) is 0 Å². The van der Waals surface area contributed by atoms with E-state index >= 15 is 0 Å². The van der Waals surface area contributed by atoms with Crippen LogP contribution in [0.25, 0.3) is 0 Å². The first-order chi connectivity index (χ1) is 12.7. The lowest BCUT2D eigenvalue weighted by Crippen LogP contribution is -2.34. The van der Waals surface area contributed by atoms with Crippen LogP contribution in [0.5, 0.6) is 5.88 Å². The van der Waals surface area contributed by atoms with E-state index in [1.807, 2.05) is 18.3 Å². The summed E-state index contributed by atoms with van der Waals surface area (Å²) in [6, 6.07) is 14.7. The topological polar surface area (TPSA) is 45.7 Å². The van der Waals surface area contributed by atoms with Gasteiger partial charge in [-0.3, -0.25) is 9.69 Å². The molecule has 0 spiro atoms. The van der Waals surface area contributed by atoms with Crippen LogP contribution in [0.4, 0.5) is 0 Å². The summed E-state index contributed by atoms with van der Waals surface area (Å²) >= 11 is 0. The first kappa shape index (κ1) is 17.0. The van der Waals surface area contributed by atoms with Crippen LogP contribution in [0.1, 0.15) is 24.1 Å². The Kier molecular flexibility index (Phi) is 4.64. The van der Waals surface area contributed by atoms with E-state index in [0.29, 0.717) is 17.7 Å². The number of amides is 1. The zero-order chi connectivity index (χ0) is 18.1. The maximum absolute atomic E-state index is 12.2. The summed E-state index contributed by atoms with van der Waals surface area (Å²) < 4.78 is 5.13. The summed E-state index contributed by atoms with van der Waals surface area (Å²) in [5.41, 5.74) is 2.45. The highest BCUT2D eigenvalue weighted by molar-refractivity contribution is 5.74. The van der Waals surface area contributed by atoms with Crippen molar-refractivity contribution in [1.82, 2.24) is 14.8 Å². The highest BCUT2D eigenvalue weighted by Crippen LogP contribution is 2.45. The number of benzene rings is 1. The number of rotatable bonds is 4. The molecule has 2 aromatic rings. The predicted octanol–water partition coefficient (Wildman–Crippen LogP) is 2.74. The second kappa shape index (κ2) is 7.08. The molecule has 5 heteroatoms. The number of carbonyl (C=O) groups is 1. The fraction of sp³-hybridized carbons (Fsp3) is 0.429. The van der Waals surface area contributed by atoms with Gasteiger partial charge in [0.25, 0.3) is 0 Å². The van der Waals surface area contributed by atoms with Crippen LogP contribution in [0, 0.1) is 11.8 Å². The number of nitrogens with zero attached hydrogens (tertiary/aromatic N) is 3. The van der Waals surface area contributed by atoms with Crippen molar-refractivity contribution in [2.45, 2.75) is 19.5 Å². The molecule has 136 valence electrons. The van der Waals surface area contributed by atoms with E-state index in [0.717, 1.165) is 26.2 Å². The van der Waals surface area contributed by atoms with E-state index in [1.54, 1.807) is 14.0 Å². The Morgan fingerprint density at radius 1 is 1.15 bits per heavy atom. The third kappa shape index (κ3) is 3.19. The number of pyridine rings is 1. The van der Waals surface area contributed by atoms with Crippen LogP contribution < -0.4 is 4.74 Å². The molecule has 0 aliphatic carbocycles. The van der Waals surface area contributed by atoms with Gasteiger partial charge in [-0.1, -0.05) is 36.4 Å². The number of ether oxygens (including phenoxy) is 1. The second-order valence-corrected chi connectivity index (χ2v) is 7.35. The van der Waals surface area contributed by atoms with Gasteiger partial charge in [0.05, 0.1) is 13.2 Å². The number of aromatic nitrogens is 1. The van der Waals surface area contributed by atoms with Crippen molar-refractivity contribution in [3.8, 4) is 5.88 Å². The molecule has 0 unspecified atom stereocenters. The van der Waals surface area contributed by atoms with Gasteiger partial charge >= 0.3 is 0 Å². The lowest BCUT2D eigenvalue weighted by atomic mass is 9.89. The normalized spacial score (nSPS) is 25.3. The average molecular weight is 351 g/mol. The van der Waals surface area contributed by atoms with Crippen molar-refractivity contribution in [3.63, 3.8) is 0 Å². The zero-order valence-electron chi connectivity index (χ0n) is 15.3. The number of carbonyl (C=O) groups excluding carboxylic acids is 1. The molecule has 1 amide bonds. The largest absolute Gasteiger partial charge is 0.481 e. The minimum Gasteiger partial charge on any atom is -0.481 e. The summed E-state index contributed by atoms with van der Waals surface area (Å²) in [4.78, 5) is 21.1. The van der Waals surface area contributed by atoms with E-state index < -0.39 is 0 Å². The lowest BCUT2D eigenvalue weighted by Gasteiger charge is -2.29. The SMILES string of the molecule is COc1ccc(CN2C[C@@H]3CN(C(C)=O)[C@H](c4ccccc4)[C@@H]3C2)cn1. The van der Waals surface area contributed by atoms with Gasteiger partial charge in [0.2, 0.25) is 11.8 Å². The third-order valence-corrected chi connectivity index (χ3v) is 5.70. The van der Waals surface area contributed by atoms with Crippen molar-refractivity contribution in [2.24, 2.45) is 11.8 Å². The molecular weight excluding hydrogens is 326 g/mol. The first-order valence-electron chi connectivity index (χ1n) is 9.19. The summed E-state index contributed by atoms with van der Waals surface area (Å²) in [5.74, 6) is 1.86. The van der Waals surface area contributed by atoms with Crippen LogP contribution in [0.15, 0.2) is 48.7 Å². The number of fused-ring (bicyclic) bond motifs is 1. The molecule has 3 atom stereocenters. The van der Waals surface area contributed by atoms with Gasteiger partial charge < -0.3 is 9.64 Å². The molecular formula is C21H25N3O2. The molecule has 5 nitrogen and oxygen atoms in total. The van der Waals surface area contributed by atoms with Gasteiger partial charge in [0.15, 0.2) is 0 Å². The summed E-state index contributed by atoms with van der Waals surface area (Å²) in [7, 11) is 1.63. The molecule has 0 bridgehead atoms. The van der Waals surface area contributed by atoms with Crippen molar-refractivity contribution < 1.29 is 9.53 Å². The maximum atomic E-state index is 12.2. The zero-order valence-corrected chi connectivity index (χ0v) is 15.3. The van der Waals surface area contributed by atoms with Gasteiger partial charge in [-0.05, 0) is 17.0 Å². The smallest absolute Gasteiger partial charge is 0.219 e. The Labute approximate surface area is 154 Å². The molecule has 2 aliphatic rings. The van der Waals surface area contributed by atoms with Crippen molar-refractivity contribution >= 4 is 5.91 Å². The molecule has 2 saturated heterocycles. The van der Waals surface area contributed by atoms with Crippen molar-refractivity contribution in [3.05, 3.63) is 59.8 Å². The molecule has 0 radical (unpaired) electrons. The Bertz CT molecular complexity index is 763.